The van der Waals surface area contributed by atoms with E-state index in [1.807, 2.05) is 19.0 Å². The number of halogens is 3. The molecule has 0 saturated heterocycles. The molecule has 0 fully saturated rings. The lowest BCUT2D eigenvalue weighted by Crippen LogP contribution is -2.20. The van der Waals surface area contributed by atoms with E-state index in [2.05, 4.69) is 4.98 Å². The van der Waals surface area contributed by atoms with E-state index < -0.39 is 11.7 Å². The summed E-state index contributed by atoms with van der Waals surface area (Å²) in [6.45, 7) is 0.942. The molecule has 0 aliphatic rings. The summed E-state index contributed by atoms with van der Waals surface area (Å²) in [5.74, 6) is 0.0276. The third-order valence-electron chi connectivity index (χ3n) is 1.98. The van der Waals surface area contributed by atoms with Crippen molar-refractivity contribution in [2.45, 2.75) is 6.18 Å². The van der Waals surface area contributed by atoms with Crippen molar-refractivity contribution < 1.29 is 17.9 Å². The van der Waals surface area contributed by atoms with Gasteiger partial charge >= 0.3 is 6.18 Å². The van der Waals surface area contributed by atoms with Gasteiger partial charge < -0.3 is 15.4 Å². The van der Waals surface area contributed by atoms with Gasteiger partial charge in [0.15, 0.2) is 0 Å². The zero-order valence-electron chi connectivity index (χ0n) is 9.58. The minimum Gasteiger partial charge on any atom is -0.475 e. The van der Waals surface area contributed by atoms with E-state index in [9.17, 15) is 13.2 Å². The quantitative estimate of drug-likeness (QED) is 0.881. The van der Waals surface area contributed by atoms with Gasteiger partial charge in [-0.3, -0.25) is 0 Å². The van der Waals surface area contributed by atoms with Crippen molar-refractivity contribution in [2.75, 3.05) is 33.0 Å². The minimum absolute atomic E-state index is 0.0276. The van der Waals surface area contributed by atoms with Gasteiger partial charge in [-0.1, -0.05) is 0 Å². The fourth-order valence-corrected chi connectivity index (χ4v) is 1.07. The molecule has 4 nitrogen and oxygen atoms in total. The molecule has 1 rings (SSSR count). The van der Waals surface area contributed by atoms with Crippen LogP contribution >= 0.6 is 0 Å². The highest BCUT2D eigenvalue weighted by Crippen LogP contribution is 2.31. The normalized spacial score (nSPS) is 11.9. The largest absolute Gasteiger partial charge is 0.475 e. The summed E-state index contributed by atoms with van der Waals surface area (Å²) in [6.07, 6.45) is -3.73. The number of rotatable bonds is 4. The van der Waals surface area contributed by atoms with Crippen LogP contribution in [0.2, 0.25) is 0 Å². The van der Waals surface area contributed by atoms with Crippen molar-refractivity contribution in [1.29, 1.82) is 0 Å². The molecule has 0 unspecified atom stereocenters. The van der Waals surface area contributed by atoms with Crippen LogP contribution in [0.5, 0.6) is 5.88 Å². The van der Waals surface area contributed by atoms with Crippen molar-refractivity contribution in [2.24, 2.45) is 0 Å². The summed E-state index contributed by atoms with van der Waals surface area (Å²) < 4.78 is 42.1. The molecule has 0 bridgehead atoms. The van der Waals surface area contributed by atoms with E-state index in [0.29, 0.717) is 19.3 Å². The third kappa shape index (κ3) is 4.10. The second-order valence-corrected chi connectivity index (χ2v) is 3.77. The maximum Gasteiger partial charge on any atom is 0.417 e. The van der Waals surface area contributed by atoms with Crippen molar-refractivity contribution in [1.82, 2.24) is 9.88 Å². The summed E-state index contributed by atoms with van der Waals surface area (Å²) in [4.78, 5) is 5.43. The Kier molecular flexibility index (Phi) is 4.17. The van der Waals surface area contributed by atoms with Crippen LogP contribution < -0.4 is 10.5 Å². The van der Waals surface area contributed by atoms with Crippen LogP contribution in [0.15, 0.2) is 12.3 Å². The SMILES string of the molecule is CN(C)CCOc1ncc(C(F)(F)F)cc1N. The topological polar surface area (TPSA) is 51.4 Å². The van der Waals surface area contributed by atoms with Gasteiger partial charge in [0, 0.05) is 12.7 Å². The lowest BCUT2D eigenvalue weighted by atomic mass is 10.2. The van der Waals surface area contributed by atoms with Crippen LogP contribution in [-0.4, -0.2) is 37.1 Å². The average molecular weight is 249 g/mol. The Morgan fingerprint density at radius 2 is 2.06 bits per heavy atom. The standard InChI is InChI=1S/C10H14F3N3O/c1-16(2)3-4-17-9-8(14)5-7(6-15-9)10(11,12)13/h5-6H,3-4,14H2,1-2H3. The van der Waals surface area contributed by atoms with E-state index >= 15 is 0 Å². The highest BCUT2D eigenvalue weighted by atomic mass is 19.4. The van der Waals surface area contributed by atoms with Gasteiger partial charge in [-0.05, 0) is 20.2 Å². The molecule has 1 aromatic heterocycles. The number of alkyl halides is 3. The predicted molar refractivity (Wildman–Crippen MR) is 57.7 cm³/mol. The van der Waals surface area contributed by atoms with E-state index in [4.69, 9.17) is 10.5 Å². The van der Waals surface area contributed by atoms with Crippen LogP contribution in [0.1, 0.15) is 5.56 Å². The predicted octanol–water partition coefficient (Wildman–Crippen LogP) is 1.62. The van der Waals surface area contributed by atoms with E-state index in [1.165, 1.54) is 0 Å². The second-order valence-electron chi connectivity index (χ2n) is 3.77. The highest BCUT2D eigenvalue weighted by molar-refractivity contribution is 5.49. The fraction of sp³-hybridized carbons (Fsp3) is 0.500. The number of aromatic nitrogens is 1. The monoisotopic (exact) mass is 249 g/mol. The fourth-order valence-electron chi connectivity index (χ4n) is 1.07. The molecule has 0 aromatic carbocycles. The smallest absolute Gasteiger partial charge is 0.417 e. The van der Waals surface area contributed by atoms with E-state index in [-0.39, 0.29) is 11.6 Å². The molecule has 0 radical (unpaired) electrons. The van der Waals surface area contributed by atoms with Crippen LogP contribution in [-0.2, 0) is 6.18 Å². The Bertz CT molecular complexity index is 380. The number of pyridine rings is 1. The molecule has 7 heteroatoms. The molecule has 0 aliphatic heterocycles. The molecular weight excluding hydrogens is 235 g/mol. The van der Waals surface area contributed by atoms with Crippen molar-refractivity contribution >= 4 is 5.69 Å². The Labute approximate surface area is 97.2 Å². The number of nitrogens with two attached hydrogens (primary N) is 1. The molecule has 0 atom stereocenters. The first-order chi connectivity index (χ1) is 7.80. The lowest BCUT2D eigenvalue weighted by molar-refractivity contribution is -0.137. The molecule has 96 valence electrons. The number of hydrogen-bond acceptors (Lipinski definition) is 4. The summed E-state index contributed by atoms with van der Waals surface area (Å²) >= 11 is 0. The zero-order valence-corrected chi connectivity index (χ0v) is 9.58. The number of anilines is 1. The van der Waals surface area contributed by atoms with Crippen molar-refractivity contribution in [3.05, 3.63) is 17.8 Å². The molecule has 0 amide bonds. The maximum atomic E-state index is 12.3. The highest BCUT2D eigenvalue weighted by Gasteiger charge is 2.31. The van der Waals surface area contributed by atoms with Gasteiger partial charge in [-0.15, -0.1) is 0 Å². The Balaban J connectivity index is 2.70. The van der Waals surface area contributed by atoms with Gasteiger partial charge in [0.25, 0.3) is 0 Å². The number of nitrogen functional groups attached to an aromatic ring is 1. The first-order valence-corrected chi connectivity index (χ1v) is 4.91. The van der Waals surface area contributed by atoms with E-state index in [0.717, 1.165) is 6.07 Å². The first kappa shape index (κ1) is 13.6. The summed E-state index contributed by atoms with van der Waals surface area (Å²) in [5, 5.41) is 0. The van der Waals surface area contributed by atoms with Gasteiger partial charge in [0.05, 0.1) is 11.3 Å². The molecule has 1 aromatic rings. The van der Waals surface area contributed by atoms with Crippen LogP contribution in [0, 0.1) is 0 Å². The van der Waals surface area contributed by atoms with Crippen LogP contribution in [0.3, 0.4) is 0 Å². The third-order valence-corrected chi connectivity index (χ3v) is 1.98. The molecular formula is C10H14F3N3O. The molecule has 0 spiro atoms. The minimum atomic E-state index is -4.44. The summed E-state index contributed by atoms with van der Waals surface area (Å²) in [7, 11) is 3.71. The Morgan fingerprint density at radius 1 is 1.41 bits per heavy atom. The molecule has 0 saturated carbocycles. The van der Waals surface area contributed by atoms with Gasteiger partial charge in [0.1, 0.15) is 6.61 Å². The molecule has 17 heavy (non-hydrogen) atoms. The Hall–Kier alpha value is -1.50. The molecule has 2 N–H and O–H groups in total. The number of hydrogen-bond donors (Lipinski definition) is 1. The van der Waals surface area contributed by atoms with Gasteiger partial charge in [-0.2, -0.15) is 13.2 Å². The van der Waals surface area contributed by atoms with Gasteiger partial charge in [-0.25, -0.2) is 4.98 Å². The van der Waals surface area contributed by atoms with Crippen molar-refractivity contribution in [3.63, 3.8) is 0 Å². The summed E-state index contributed by atoms with van der Waals surface area (Å²) in [5.41, 5.74) is 4.44. The number of ether oxygens (including phenoxy) is 1. The lowest BCUT2D eigenvalue weighted by Gasteiger charge is -2.13. The Morgan fingerprint density at radius 3 is 2.53 bits per heavy atom. The van der Waals surface area contributed by atoms with Crippen molar-refractivity contribution in [3.8, 4) is 5.88 Å². The molecule has 0 aliphatic carbocycles. The molecule has 1 heterocycles. The average Bonchev–Trinajstić information content (AvgIpc) is 2.18. The second kappa shape index (κ2) is 5.22. The first-order valence-electron chi connectivity index (χ1n) is 4.91. The van der Waals surface area contributed by atoms with Gasteiger partial charge in [0.2, 0.25) is 5.88 Å². The summed E-state index contributed by atoms with van der Waals surface area (Å²) in [6, 6.07) is 0.817. The van der Waals surface area contributed by atoms with Crippen LogP contribution in [0.25, 0.3) is 0 Å². The zero-order chi connectivity index (χ0) is 13.1. The van der Waals surface area contributed by atoms with E-state index in [1.54, 1.807) is 0 Å². The van der Waals surface area contributed by atoms with Crippen LogP contribution in [0.4, 0.5) is 18.9 Å². The maximum absolute atomic E-state index is 12.3. The number of nitrogens with zero attached hydrogens (tertiary/aromatic N) is 2. The number of likely N-dealkylation sites (N-methyl/N-ethyl adjacent to an activating group) is 1.